The second-order valence-corrected chi connectivity index (χ2v) is 2.62. The van der Waals surface area contributed by atoms with E-state index < -0.39 is 46.3 Å². The minimum absolute atomic E-state index is 0. The molecule has 2 N–H and O–H groups in total. The van der Waals surface area contributed by atoms with Crippen molar-refractivity contribution in [1.82, 2.24) is 0 Å². The molecule has 88 valence electrons. The molecule has 0 saturated carbocycles. The Morgan fingerprint density at radius 3 is 1.18 bits per heavy atom. The first-order valence-corrected chi connectivity index (χ1v) is 3.61. The van der Waals surface area contributed by atoms with E-state index in [2.05, 4.69) is 0 Å². The third kappa shape index (κ3) is 2.43. The molecule has 0 radical (unpaired) electrons. The molecular weight excluding hydrogens is 243 g/mol. The number of hydrogen-bond acceptors (Lipinski definition) is 2. The summed E-state index contributed by atoms with van der Waals surface area (Å²) >= 11 is 0. The zero-order valence-corrected chi connectivity index (χ0v) is 8.22. The fourth-order valence-corrected chi connectivity index (χ4v) is 1.03. The van der Waals surface area contributed by atoms with Gasteiger partial charge >= 0.3 is 30.8 Å². The van der Waals surface area contributed by atoms with Crippen LogP contribution in [0.2, 0.25) is 0 Å². The largest absolute Gasteiger partial charge is 1.00 e. The van der Waals surface area contributed by atoms with Crippen molar-refractivity contribution in [3.05, 3.63) is 34.4 Å². The van der Waals surface area contributed by atoms with Crippen LogP contribution in [-0.2, 0) is 0 Å². The van der Waals surface area contributed by atoms with Crippen molar-refractivity contribution >= 4 is 11.9 Å². The van der Waals surface area contributed by atoms with Crippen LogP contribution >= 0.6 is 0 Å². The van der Waals surface area contributed by atoms with Gasteiger partial charge in [-0.15, -0.1) is 0 Å². The molecule has 0 atom stereocenters. The summed E-state index contributed by atoms with van der Waals surface area (Å²) in [5.74, 6) is -13.7. The van der Waals surface area contributed by atoms with Crippen LogP contribution in [0.25, 0.3) is 0 Å². The summed E-state index contributed by atoms with van der Waals surface area (Å²) in [5.41, 5.74) is -3.52. The molecule has 0 heterocycles. The predicted molar refractivity (Wildman–Crippen MR) is 41.3 cm³/mol. The van der Waals surface area contributed by atoms with Crippen LogP contribution in [0.3, 0.4) is 0 Å². The van der Waals surface area contributed by atoms with Crippen molar-refractivity contribution in [3.8, 4) is 0 Å². The first-order chi connectivity index (χ1) is 7.29. The van der Waals surface area contributed by atoms with E-state index in [9.17, 15) is 27.2 Å². The summed E-state index contributed by atoms with van der Waals surface area (Å²) in [7, 11) is 0. The molecule has 1 rings (SSSR count). The third-order valence-electron chi connectivity index (χ3n) is 1.69. The van der Waals surface area contributed by atoms with E-state index in [0.29, 0.717) is 0 Å². The number of rotatable bonds is 2. The predicted octanol–water partition coefficient (Wildman–Crippen LogP) is -1.24. The summed E-state index contributed by atoms with van der Waals surface area (Å²) in [5, 5.41) is 16.8. The van der Waals surface area contributed by atoms with Crippen molar-refractivity contribution in [3.63, 3.8) is 0 Å². The van der Waals surface area contributed by atoms with Gasteiger partial charge in [-0.25, -0.2) is 27.2 Å². The first kappa shape index (κ1) is 15.5. The smallest absolute Gasteiger partial charge is 1.00 e. The van der Waals surface area contributed by atoms with Gasteiger partial charge in [0.15, 0.2) is 23.3 Å². The van der Waals surface area contributed by atoms with E-state index in [4.69, 9.17) is 10.2 Å². The first-order valence-electron chi connectivity index (χ1n) is 3.61. The van der Waals surface area contributed by atoms with E-state index in [1.807, 2.05) is 0 Å². The number of aromatic carboxylic acids is 2. The normalized spacial score (nSPS) is 9.65. The number of carbonyl (C=O) groups is 2. The van der Waals surface area contributed by atoms with Crippen molar-refractivity contribution in [1.29, 1.82) is 0 Å². The van der Waals surface area contributed by atoms with E-state index in [1.165, 1.54) is 0 Å². The standard InChI is InChI=1S/C8H2F4O4.Li.H/c9-3-1(7(13)14)2(8(15)16)4(10)6(12)5(3)11;;/h(H,13,14)(H,15,16);;/q;+1;-1. The molecular formula is C8H3F4LiO4. The van der Waals surface area contributed by atoms with Gasteiger partial charge < -0.3 is 11.6 Å². The average molecular weight is 246 g/mol. The van der Waals surface area contributed by atoms with Crippen LogP contribution in [0.5, 0.6) is 0 Å². The van der Waals surface area contributed by atoms with Gasteiger partial charge in [-0.2, -0.15) is 0 Å². The van der Waals surface area contributed by atoms with Crippen LogP contribution in [0, 0.1) is 23.3 Å². The van der Waals surface area contributed by atoms with Gasteiger partial charge in [-0.05, 0) is 0 Å². The van der Waals surface area contributed by atoms with E-state index in [-0.39, 0.29) is 20.3 Å². The Kier molecular flexibility index (Phi) is 4.74. The molecule has 0 aliphatic rings. The number of hydrogen-bond donors (Lipinski definition) is 2. The monoisotopic (exact) mass is 246 g/mol. The van der Waals surface area contributed by atoms with Crippen molar-refractivity contribution in [2.75, 3.05) is 0 Å². The minimum atomic E-state index is -2.38. The topological polar surface area (TPSA) is 74.6 Å². The van der Waals surface area contributed by atoms with Gasteiger partial charge in [0.1, 0.15) is 11.1 Å². The molecule has 0 bridgehead atoms. The molecule has 0 saturated heterocycles. The molecule has 0 amide bonds. The zero-order valence-electron chi connectivity index (χ0n) is 9.22. The molecule has 9 heteroatoms. The average Bonchev–Trinajstić information content (AvgIpc) is 2.18. The Balaban J connectivity index is 0. The maximum absolute atomic E-state index is 12.9. The van der Waals surface area contributed by atoms with Crippen LogP contribution in [0.1, 0.15) is 22.1 Å². The molecule has 0 aliphatic heterocycles. The Hall–Kier alpha value is -1.52. The summed E-state index contributed by atoms with van der Waals surface area (Å²) in [4.78, 5) is 20.8. The second-order valence-electron chi connectivity index (χ2n) is 2.62. The maximum Gasteiger partial charge on any atom is 1.00 e. The molecule has 0 unspecified atom stereocenters. The van der Waals surface area contributed by atoms with Crippen LogP contribution in [0.4, 0.5) is 17.6 Å². The molecule has 0 spiro atoms. The summed E-state index contributed by atoms with van der Waals surface area (Å²) in [6, 6.07) is 0. The van der Waals surface area contributed by atoms with Crippen molar-refractivity contribution < 1.29 is 57.7 Å². The number of carboxylic acids is 2. The SMILES string of the molecule is O=C(O)c1c(F)c(F)c(F)c(F)c1C(=O)O.[H-].[Li+]. The van der Waals surface area contributed by atoms with Gasteiger partial charge in [0, 0.05) is 0 Å². The molecule has 1 aromatic carbocycles. The van der Waals surface area contributed by atoms with Crippen molar-refractivity contribution in [2.45, 2.75) is 0 Å². The molecule has 4 nitrogen and oxygen atoms in total. The van der Waals surface area contributed by atoms with Gasteiger partial charge in [0.25, 0.3) is 0 Å². The van der Waals surface area contributed by atoms with Crippen LogP contribution < -0.4 is 18.9 Å². The van der Waals surface area contributed by atoms with E-state index >= 15 is 0 Å². The Morgan fingerprint density at radius 1 is 0.765 bits per heavy atom. The van der Waals surface area contributed by atoms with Gasteiger partial charge in [0.05, 0.1) is 0 Å². The van der Waals surface area contributed by atoms with E-state index in [0.717, 1.165) is 0 Å². The van der Waals surface area contributed by atoms with Gasteiger partial charge in [-0.3, -0.25) is 0 Å². The third-order valence-corrected chi connectivity index (χ3v) is 1.69. The van der Waals surface area contributed by atoms with E-state index in [1.54, 1.807) is 0 Å². The molecule has 1 aromatic rings. The minimum Gasteiger partial charge on any atom is -1.00 e. The Bertz CT molecular complexity index is 464. The Labute approximate surface area is 105 Å². The summed E-state index contributed by atoms with van der Waals surface area (Å²) < 4.78 is 51.0. The van der Waals surface area contributed by atoms with Gasteiger partial charge in [-0.1, -0.05) is 0 Å². The number of carboxylic acid groups (broad SMARTS) is 2. The molecule has 0 aliphatic carbocycles. The molecule has 0 aromatic heterocycles. The molecule has 17 heavy (non-hydrogen) atoms. The number of benzene rings is 1. The maximum atomic E-state index is 12.9. The Morgan fingerprint density at radius 2 is 1.00 bits per heavy atom. The fourth-order valence-electron chi connectivity index (χ4n) is 1.03. The second kappa shape index (κ2) is 5.20. The summed E-state index contributed by atoms with van der Waals surface area (Å²) in [6.45, 7) is 0. The van der Waals surface area contributed by atoms with Gasteiger partial charge in [0.2, 0.25) is 0 Å². The quantitative estimate of drug-likeness (QED) is 0.296. The summed E-state index contributed by atoms with van der Waals surface area (Å²) in [6.07, 6.45) is 0. The van der Waals surface area contributed by atoms with Crippen molar-refractivity contribution in [2.24, 2.45) is 0 Å². The zero-order chi connectivity index (χ0) is 12.6. The molecule has 0 fully saturated rings. The fraction of sp³-hybridized carbons (Fsp3) is 0. The van der Waals surface area contributed by atoms with Crippen LogP contribution in [-0.4, -0.2) is 22.2 Å². The number of halogens is 4. The van der Waals surface area contributed by atoms with Crippen LogP contribution in [0.15, 0.2) is 0 Å².